The van der Waals surface area contributed by atoms with Crippen molar-refractivity contribution < 1.29 is 4.74 Å². The summed E-state index contributed by atoms with van der Waals surface area (Å²) in [5, 5.41) is 4.69. The molecule has 0 amide bonds. The van der Waals surface area contributed by atoms with Crippen LogP contribution in [0.4, 0.5) is 0 Å². The maximum absolute atomic E-state index is 6.07. The van der Waals surface area contributed by atoms with Gasteiger partial charge in [0.2, 0.25) is 0 Å². The van der Waals surface area contributed by atoms with Crippen molar-refractivity contribution in [3.8, 4) is 16.9 Å². The smallest absolute Gasteiger partial charge is 0.128 e. The summed E-state index contributed by atoms with van der Waals surface area (Å²) in [5.74, 6) is 0.910. The quantitative estimate of drug-likeness (QED) is 0.474. The first-order valence-corrected chi connectivity index (χ1v) is 8.25. The summed E-state index contributed by atoms with van der Waals surface area (Å²) in [4.78, 5) is 4.27. The molecule has 2 nitrogen and oxygen atoms in total. The van der Waals surface area contributed by atoms with Gasteiger partial charge in [0.15, 0.2) is 0 Å². The zero-order valence-corrected chi connectivity index (χ0v) is 13.9. The summed E-state index contributed by atoms with van der Waals surface area (Å²) in [6.07, 6.45) is 3.84. The monoisotopic (exact) mass is 313 g/mol. The van der Waals surface area contributed by atoms with Crippen molar-refractivity contribution in [3.63, 3.8) is 0 Å². The Hall–Kier alpha value is -2.87. The fourth-order valence-corrected chi connectivity index (χ4v) is 3.16. The number of rotatable bonds is 3. The number of nitrogens with zero attached hydrogens (tertiary/aromatic N) is 1. The Morgan fingerprint density at radius 3 is 2.54 bits per heavy atom. The van der Waals surface area contributed by atoms with Crippen molar-refractivity contribution in [2.24, 2.45) is 0 Å². The summed E-state index contributed by atoms with van der Waals surface area (Å²) in [6.45, 7) is 4.11. The number of aromatic nitrogens is 1. The first-order chi connectivity index (χ1) is 11.7. The van der Waals surface area contributed by atoms with E-state index in [4.69, 9.17) is 4.74 Å². The minimum Gasteiger partial charge on any atom is -0.490 e. The Morgan fingerprint density at radius 1 is 0.833 bits per heavy atom. The van der Waals surface area contributed by atoms with E-state index in [0.717, 1.165) is 22.1 Å². The van der Waals surface area contributed by atoms with Gasteiger partial charge in [-0.3, -0.25) is 4.98 Å². The molecule has 118 valence electrons. The number of fused-ring (bicyclic) bond motifs is 2. The van der Waals surface area contributed by atoms with Crippen LogP contribution in [-0.2, 0) is 0 Å². The van der Waals surface area contributed by atoms with Crippen LogP contribution in [0.2, 0.25) is 0 Å². The molecule has 0 aliphatic heterocycles. The van der Waals surface area contributed by atoms with Crippen molar-refractivity contribution in [3.05, 3.63) is 73.1 Å². The van der Waals surface area contributed by atoms with E-state index < -0.39 is 0 Å². The standard InChI is InChI=1S/C22H19NO/c1-15(2)24-22-13-17(12-18-14-23-11-10-21(18)22)20-9-5-7-16-6-3-4-8-19(16)20/h3-15H,1-2H3. The Balaban J connectivity index is 1.99. The van der Waals surface area contributed by atoms with Gasteiger partial charge in [-0.1, -0.05) is 42.5 Å². The van der Waals surface area contributed by atoms with Crippen LogP contribution in [0.25, 0.3) is 32.7 Å². The van der Waals surface area contributed by atoms with Gasteiger partial charge in [0.05, 0.1) is 6.10 Å². The molecular weight excluding hydrogens is 294 g/mol. The highest BCUT2D eigenvalue weighted by Gasteiger charge is 2.10. The van der Waals surface area contributed by atoms with Crippen LogP contribution in [0.3, 0.4) is 0 Å². The maximum atomic E-state index is 6.07. The van der Waals surface area contributed by atoms with Crippen LogP contribution in [0, 0.1) is 0 Å². The molecule has 3 aromatic carbocycles. The molecule has 0 saturated heterocycles. The summed E-state index contributed by atoms with van der Waals surface area (Å²) in [7, 11) is 0. The number of hydrogen-bond donors (Lipinski definition) is 0. The van der Waals surface area contributed by atoms with Crippen molar-refractivity contribution in [2.75, 3.05) is 0 Å². The van der Waals surface area contributed by atoms with E-state index in [2.05, 4.69) is 73.4 Å². The highest BCUT2D eigenvalue weighted by Crippen LogP contribution is 2.35. The number of benzene rings is 3. The second-order valence-electron chi connectivity index (χ2n) is 6.26. The third kappa shape index (κ3) is 2.61. The third-order valence-electron chi connectivity index (χ3n) is 4.18. The van der Waals surface area contributed by atoms with Crippen LogP contribution >= 0.6 is 0 Å². The number of ether oxygens (including phenoxy) is 1. The van der Waals surface area contributed by atoms with Gasteiger partial charge >= 0.3 is 0 Å². The lowest BCUT2D eigenvalue weighted by Gasteiger charge is -2.15. The van der Waals surface area contributed by atoms with E-state index >= 15 is 0 Å². The molecule has 0 aliphatic rings. The van der Waals surface area contributed by atoms with Gasteiger partial charge in [-0.05, 0) is 53.9 Å². The topological polar surface area (TPSA) is 22.1 Å². The molecule has 1 heterocycles. The fraction of sp³-hybridized carbons (Fsp3) is 0.136. The molecule has 0 bridgehead atoms. The van der Waals surface area contributed by atoms with Crippen molar-refractivity contribution in [2.45, 2.75) is 20.0 Å². The lowest BCUT2D eigenvalue weighted by molar-refractivity contribution is 0.245. The highest BCUT2D eigenvalue weighted by atomic mass is 16.5. The lowest BCUT2D eigenvalue weighted by atomic mass is 9.96. The third-order valence-corrected chi connectivity index (χ3v) is 4.18. The lowest BCUT2D eigenvalue weighted by Crippen LogP contribution is -2.06. The van der Waals surface area contributed by atoms with E-state index in [1.165, 1.54) is 16.3 Å². The van der Waals surface area contributed by atoms with Gasteiger partial charge in [0, 0.05) is 23.2 Å². The maximum Gasteiger partial charge on any atom is 0.128 e. The SMILES string of the molecule is CC(C)Oc1cc(-c2cccc3ccccc23)cc2cnccc12. The van der Waals surface area contributed by atoms with Crippen molar-refractivity contribution in [1.29, 1.82) is 0 Å². The van der Waals surface area contributed by atoms with E-state index in [9.17, 15) is 0 Å². The second-order valence-corrected chi connectivity index (χ2v) is 6.26. The molecule has 0 saturated carbocycles. The molecule has 0 N–H and O–H groups in total. The fourth-order valence-electron chi connectivity index (χ4n) is 3.16. The van der Waals surface area contributed by atoms with Gasteiger partial charge in [0.25, 0.3) is 0 Å². The van der Waals surface area contributed by atoms with Gasteiger partial charge in [-0.15, -0.1) is 0 Å². The predicted molar refractivity (Wildman–Crippen MR) is 100 cm³/mol. The zero-order valence-electron chi connectivity index (χ0n) is 13.9. The molecule has 1 aromatic heterocycles. The molecule has 4 aromatic rings. The normalized spacial score (nSPS) is 11.3. The first kappa shape index (κ1) is 14.7. The molecular formula is C22H19NO. The molecule has 0 spiro atoms. The molecule has 0 aliphatic carbocycles. The number of hydrogen-bond acceptors (Lipinski definition) is 2. The first-order valence-electron chi connectivity index (χ1n) is 8.25. The highest BCUT2D eigenvalue weighted by molar-refractivity contribution is 6.00. The minimum absolute atomic E-state index is 0.129. The summed E-state index contributed by atoms with van der Waals surface area (Å²) in [5.41, 5.74) is 2.37. The van der Waals surface area contributed by atoms with Gasteiger partial charge in [-0.25, -0.2) is 0 Å². The molecule has 2 heteroatoms. The molecule has 0 fully saturated rings. The van der Waals surface area contributed by atoms with Crippen LogP contribution < -0.4 is 4.74 Å². The zero-order chi connectivity index (χ0) is 16.5. The van der Waals surface area contributed by atoms with E-state index in [0.29, 0.717) is 0 Å². The van der Waals surface area contributed by atoms with Crippen LogP contribution in [0.5, 0.6) is 5.75 Å². The molecule has 0 unspecified atom stereocenters. The second kappa shape index (κ2) is 5.97. The van der Waals surface area contributed by atoms with Gasteiger partial charge in [0.1, 0.15) is 5.75 Å². The van der Waals surface area contributed by atoms with Gasteiger partial charge < -0.3 is 4.74 Å². The minimum atomic E-state index is 0.129. The predicted octanol–water partition coefficient (Wildman–Crippen LogP) is 5.84. The summed E-state index contributed by atoms with van der Waals surface area (Å²) in [6, 6.07) is 21.2. The largest absolute Gasteiger partial charge is 0.490 e. The Kier molecular flexibility index (Phi) is 3.66. The van der Waals surface area contributed by atoms with E-state index in [1.807, 2.05) is 18.5 Å². The molecule has 24 heavy (non-hydrogen) atoms. The Morgan fingerprint density at radius 2 is 1.67 bits per heavy atom. The van der Waals surface area contributed by atoms with Crippen LogP contribution in [0.1, 0.15) is 13.8 Å². The van der Waals surface area contributed by atoms with Gasteiger partial charge in [-0.2, -0.15) is 0 Å². The summed E-state index contributed by atoms with van der Waals surface area (Å²) >= 11 is 0. The molecule has 4 rings (SSSR count). The average Bonchev–Trinajstić information content (AvgIpc) is 2.60. The number of pyridine rings is 1. The van der Waals surface area contributed by atoms with E-state index in [1.54, 1.807) is 0 Å². The Bertz CT molecular complexity index is 1020. The van der Waals surface area contributed by atoms with Crippen molar-refractivity contribution in [1.82, 2.24) is 4.98 Å². The van der Waals surface area contributed by atoms with Crippen LogP contribution in [0.15, 0.2) is 73.1 Å². The Labute approximate surface area is 141 Å². The molecule has 0 atom stereocenters. The van der Waals surface area contributed by atoms with E-state index in [-0.39, 0.29) is 6.10 Å². The average molecular weight is 313 g/mol. The van der Waals surface area contributed by atoms with Crippen LogP contribution in [-0.4, -0.2) is 11.1 Å². The van der Waals surface area contributed by atoms with Crippen molar-refractivity contribution >= 4 is 21.5 Å². The summed E-state index contributed by atoms with van der Waals surface area (Å²) < 4.78 is 6.07. The molecule has 0 radical (unpaired) electrons.